The van der Waals surface area contributed by atoms with Crippen molar-refractivity contribution in [2.75, 3.05) is 0 Å². The Kier molecular flexibility index (Phi) is 4.74. The summed E-state index contributed by atoms with van der Waals surface area (Å²) in [4.78, 5) is 11.5. The summed E-state index contributed by atoms with van der Waals surface area (Å²) < 4.78 is 5.13. The Balaban J connectivity index is 2.61. The standard InChI is InChI=1S/C12H22O4/c1-4-8(5-2)6-9-11(14)10(7(3)13)12(15)16-9/h7-11,13-14H,4-6H2,1-3H3/t7?,9-,10?,11?/m0/s1. The largest absolute Gasteiger partial charge is 0.459 e. The molecule has 1 aliphatic rings. The number of rotatable bonds is 5. The van der Waals surface area contributed by atoms with E-state index in [0.717, 1.165) is 12.8 Å². The van der Waals surface area contributed by atoms with Gasteiger partial charge in [0.2, 0.25) is 0 Å². The highest BCUT2D eigenvalue weighted by molar-refractivity contribution is 5.76. The van der Waals surface area contributed by atoms with Crippen molar-refractivity contribution >= 4 is 5.97 Å². The molecule has 0 aromatic carbocycles. The minimum atomic E-state index is -0.868. The fraction of sp³-hybridized carbons (Fsp3) is 0.917. The van der Waals surface area contributed by atoms with Crippen LogP contribution < -0.4 is 0 Å². The lowest BCUT2D eigenvalue weighted by molar-refractivity contribution is -0.146. The third-order valence-electron chi connectivity index (χ3n) is 3.53. The highest BCUT2D eigenvalue weighted by Gasteiger charge is 2.46. The molecule has 1 aliphatic heterocycles. The van der Waals surface area contributed by atoms with E-state index in [4.69, 9.17) is 4.74 Å². The molecule has 0 aromatic heterocycles. The predicted molar refractivity (Wildman–Crippen MR) is 59.7 cm³/mol. The molecular formula is C12H22O4. The van der Waals surface area contributed by atoms with Crippen LogP contribution in [0.5, 0.6) is 0 Å². The third kappa shape index (κ3) is 2.74. The molecule has 2 N–H and O–H groups in total. The molecule has 0 saturated carbocycles. The van der Waals surface area contributed by atoms with Crippen LogP contribution in [0, 0.1) is 11.8 Å². The lowest BCUT2D eigenvalue weighted by Crippen LogP contribution is -2.34. The lowest BCUT2D eigenvalue weighted by Gasteiger charge is -2.20. The number of hydrogen-bond acceptors (Lipinski definition) is 4. The highest BCUT2D eigenvalue weighted by Crippen LogP contribution is 2.30. The summed E-state index contributed by atoms with van der Waals surface area (Å²) >= 11 is 0. The zero-order valence-electron chi connectivity index (χ0n) is 10.2. The molecule has 0 radical (unpaired) electrons. The van der Waals surface area contributed by atoms with Crippen LogP contribution >= 0.6 is 0 Å². The van der Waals surface area contributed by atoms with Crippen molar-refractivity contribution < 1.29 is 19.7 Å². The Morgan fingerprint density at radius 2 is 1.94 bits per heavy atom. The minimum absolute atomic E-state index is 0.447. The Morgan fingerprint density at radius 3 is 2.31 bits per heavy atom. The topological polar surface area (TPSA) is 66.8 Å². The van der Waals surface area contributed by atoms with Crippen molar-refractivity contribution in [3.05, 3.63) is 0 Å². The maximum atomic E-state index is 11.5. The number of ether oxygens (including phenoxy) is 1. The first kappa shape index (κ1) is 13.5. The van der Waals surface area contributed by atoms with Crippen LogP contribution in [-0.4, -0.2) is 34.5 Å². The van der Waals surface area contributed by atoms with E-state index in [2.05, 4.69) is 13.8 Å². The number of carbonyl (C=O) groups is 1. The van der Waals surface area contributed by atoms with E-state index < -0.39 is 30.2 Å². The van der Waals surface area contributed by atoms with Gasteiger partial charge in [0.25, 0.3) is 0 Å². The Hall–Kier alpha value is -0.610. The molecule has 3 unspecified atom stereocenters. The van der Waals surface area contributed by atoms with Gasteiger partial charge in [-0.15, -0.1) is 0 Å². The van der Waals surface area contributed by atoms with Crippen molar-refractivity contribution in [2.45, 2.75) is 58.3 Å². The van der Waals surface area contributed by atoms with E-state index in [-0.39, 0.29) is 0 Å². The van der Waals surface area contributed by atoms with Crippen molar-refractivity contribution in [3.63, 3.8) is 0 Å². The Bertz CT molecular complexity index is 235. The Labute approximate surface area is 96.6 Å². The second-order valence-corrected chi connectivity index (χ2v) is 4.65. The van der Waals surface area contributed by atoms with E-state index in [9.17, 15) is 15.0 Å². The molecular weight excluding hydrogens is 208 g/mol. The number of aliphatic hydroxyl groups excluding tert-OH is 2. The lowest BCUT2D eigenvalue weighted by atomic mass is 9.89. The molecule has 1 fully saturated rings. The summed E-state index contributed by atoms with van der Waals surface area (Å²) in [6.07, 6.45) is 0.537. The van der Waals surface area contributed by atoms with E-state index in [0.29, 0.717) is 12.3 Å². The number of aliphatic hydroxyl groups is 2. The smallest absolute Gasteiger partial charge is 0.314 e. The fourth-order valence-electron chi connectivity index (χ4n) is 2.29. The fourth-order valence-corrected chi connectivity index (χ4v) is 2.29. The van der Waals surface area contributed by atoms with Crippen LogP contribution in [0.25, 0.3) is 0 Å². The van der Waals surface area contributed by atoms with Crippen molar-refractivity contribution in [1.29, 1.82) is 0 Å². The van der Waals surface area contributed by atoms with Crippen molar-refractivity contribution in [2.24, 2.45) is 11.8 Å². The number of carbonyl (C=O) groups excluding carboxylic acids is 1. The summed E-state index contributed by atoms with van der Waals surface area (Å²) in [6, 6.07) is 0. The van der Waals surface area contributed by atoms with Crippen LogP contribution in [0.3, 0.4) is 0 Å². The molecule has 94 valence electrons. The Morgan fingerprint density at radius 1 is 1.38 bits per heavy atom. The summed E-state index contributed by atoms with van der Waals surface area (Å²) in [5.41, 5.74) is 0. The molecule has 0 bridgehead atoms. The summed E-state index contributed by atoms with van der Waals surface area (Å²) in [5.74, 6) is -0.794. The molecule has 1 rings (SSSR count). The van der Waals surface area contributed by atoms with Crippen LogP contribution in [0.1, 0.15) is 40.0 Å². The molecule has 0 amide bonds. The van der Waals surface area contributed by atoms with Gasteiger partial charge in [0.15, 0.2) is 0 Å². The summed E-state index contributed by atoms with van der Waals surface area (Å²) in [7, 11) is 0. The maximum absolute atomic E-state index is 11.5. The molecule has 1 saturated heterocycles. The second kappa shape index (κ2) is 5.64. The van der Waals surface area contributed by atoms with E-state index >= 15 is 0 Å². The van der Waals surface area contributed by atoms with Crippen molar-refractivity contribution in [1.82, 2.24) is 0 Å². The minimum Gasteiger partial charge on any atom is -0.459 e. The third-order valence-corrected chi connectivity index (χ3v) is 3.53. The van der Waals surface area contributed by atoms with Gasteiger partial charge in [0.05, 0.1) is 6.10 Å². The highest BCUT2D eigenvalue weighted by atomic mass is 16.6. The van der Waals surface area contributed by atoms with E-state index in [1.165, 1.54) is 6.92 Å². The molecule has 0 aliphatic carbocycles. The van der Waals surface area contributed by atoms with Gasteiger partial charge in [-0.2, -0.15) is 0 Å². The summed E-state index contributed by atoms with van der Waals surface area (Å²) in [5, 5.41) is 19.3. The van der Waals surface area contributed by atoms with Gasteiger partial charge in [-0.25, -0.2) is 0 Å². The van der Waals surface area contributed by atoms with Gasteiger partial charge in [0.1, 0.15) is 18.1 Å². The summed E-state index contributed by atoms with van der Waals surface area (Å²) in [6.45, 7) is 5.68. The van der Waals surface area contributed by atoms with Crippen LogP contribution in [-0.2, 0) is 9.53 Å². The first-order chi connectivity index (χ1) is 7.51. The van der Waals surface area contributed by atoms with Crippen LogP contribution in [0.4, 0.5) is 0 Å². The zero-order chi connectivity index (χ0) is 12.3. The first-order valence-electron chi connectivity index (χ1n) is 6.07. The van der Waals surface area contributed by atoms with Crippen LogP contribution in [0.15, 0.2) is 0 Å². The van der Waals surface area contributed by atoms with Crippen LogP contribution in [0.2, 0.25) is 0 Å². The monoisotopic (exact) mass is 230 g/mol. The van der Waals surface area contributed by atoms with Gasteiger partial charge in [0, 0.05) is 0 Å². The van der Waals surface area contributed by atoms with Gasteiger partial charge in [-0.1, -0.05) is 26.7 Å². The average Bonchev–Trinajstić information content (AvgIpc) is 2.50. The number of hydrogen-bond donors (Lipinski definition) is 2. The van der Waals surface area contributed by atoms with Crippen molar-refractivity contribution in [3.8, 4) is 0 Å². The second-order valence-electron chi connectivity index (χ2n) is 4.65. The molecule has 16 heavy (non-hydrogen) atoms. The predicted octanol–water partition coefficient (Wildman–Crippen LogP) is 1.10. The SMILES string of the molecule is CCC(CC)C[C@@H]1OC(=O)C(C(C)O)C1O. The number of cyclic esters (lactones) is 1. The molecule has 4 atom stereocenters. The van der Waals surface area contributed by atoms with Gasteiger partial charge in [-0.05, 0) is 19.3 Å². The van der Waals surface area contributed by atoms with Gasteiger partial charge >= 0.3 is 5.97 Å². The van der Waals surface area contributed by atoms with E-state index in [1.54, 1.807) is 0 Å². The first-order valence-corrected chi connectivity index (χ1v) is 6.07. The molecule has 4 heteroatoms. The molecule has 0 aromatic rings. The quantitative estimate of drug-likeness (QED) is 0.694. The van der Waals surface area contributed by atoms with E-state index in [1.807, 2.05) is 0 Å². The van der Waals surface area contributed by atoms with Gasteiger partial charge < -0.3 is 14.9 Å². The number of esters is 1. The molecule has 4 nitrogen and oxygen atoms in total. The molecule has 1 heterocycles. The molecule has 0 spiro atoms. The normalized spacial score (nSPS) is 31.9. The zero-order valence-corrected chi connectivity index (χ0v) is 10.2. The average molecular weight is 230 g/mol. The van der Waals surface area contributed by atoms with Gasteiger partial charge in [-0.3, -0.25) is 4.79 Å². The maximum Gasteiger partial charge on any atom is 0.314 e.